The molecule has 110 valence electrons. The Labute approximate surface area is 129 Å². The van der Waals surface area contributed by atoms with Gasteiger partial charge < -0.3 is 0 Å². The first-order chi connectivity index (χ1) is 10.8. The maximum atomic E-state index is 12.5. The summed E-state index contributed by atoms with van der Waals surface area (Å²) < 4.78 is 1.45. The summed E-state index contributed by atoms with van der Waals surface area (Å²) in [6.45, 7) is 0. The number of aromatic nitrogens is 6. The quantitative estimate of drug-likeness (QED) is 0.786. The first-order valence-corrected chi connectivity index (χ1v) is 7.57. The molecule has 8 nitrogen and oxygen atoms in total. The largest absolute Gasteiger partial charge is 0.296 e. The zero-order valence-corrected chi connectivity index (χ0v) is 12.2. The molecular formula is C13H11N7OS. The predicted molar refractivity (Wildman–Crippen MR) is 79.0 cm³/mol. The van der Waals surface area contributed by atoms with E-state index in [1.165, 1.54) is 28.7 Å². The van der Waals surface area contributed by atoms with Gasteiger partial charge in [0.05, 0.1) is 5.56 Å². The van der Waals surface area contributed by atoms with Crippen LogP contribution >= 0.6 is 11.3 Å². The van der Waals surface area contributed by atoms with E-state index < -0.39 is 0 Å². The van der Waals surface area contributed by atoms with Crippen molar-refractivity contribution >= 4 is 22.4 Å². The Kier molecular flexibility index (Phi) is 3.11. The fraction of sp³-hybridized carbons (Fsp3) is 0.231. The molecule has 0 unspecified atom stereocenters. The molecule has 4 rings (SSSR count). The van der Waals surface area contributed by atoms with Crippen molar-refractivity contribution in [3.63, 3.8) is 0 Å². The predicted octanol–water partition coefficient (Wildman–Crippen LogP) is 1.64. The SMILES string of the molecule is O=C(Nc1nnc(C2CC2)s1)c1cccnc1-n1cncn1. The van der Waals surface area contributed by atoms with Gasteiger partial charge in [0.1, 0.15) is 17.7 Å². The summed E-state index contributed by atoms with van der Waals surface area (Å²) in [5.41, 5.74) is 0.399. The fourth-order valence-corrected chi connectivity index (χ4v) is 2.93. The van der Waals surface area contributed by atoms with Gasteiger partial charge in [0.25, 0.3) is 5.91 Å². The Morgan fingerprint density at radius 3 is 3.05 bits per heavy atom. The van der Waals surface area contributed by atoms with Crippen molar-refractivity contribution in [2.45, 2.75) is 18.8 Å². The molecule has 0 saturated heterocycles. The molecule has 22 heavy (non-hydrogen) atoms. The lowest BCUT2D eigenvalue weighted by Gasteiger charge is -2.06. The van der Waals surface area contributed by atoms with Gasteiger partial charge in [-0.25, -0.2) is 14.6 Å². The van der Waals surface area contributed by atoms with Crippen LogP contribution in [0.25, 0.3) is 5.82 Å². The van der Waals surface area contributed by atoms with Crippen LogP contribution in [0.1, 0.15) is 34.1 Å². The Morgan fingerprint density at radius 1 is 1.36 bits per heavy atom. The van der Waals surface area contributed by atoms with E-state index in [1.54, 1.807) is 18.3 Å². The van der Waals surface area contributed by atoms with E-state index in [2.05, 4.69) is 30.6 Å². The molecule has 0 bridgehead atoms. The van der Waals surface area contributed by atoms with Crippen molar-refractivity contribution in [1.29, 1.82) is 0 Å². The van der Waals surface area contributed by atoms with E-state index in [-0.39, 0.29) is 5.91 Å². The molecule has 0 radical (unpaired) electrons. The molecule has 1 aliphatic carbocycles. The van der Waals surface area contributed by atoms with Gasteiger partial charge in [-0.1, -0.05) is 11.3 Å². The van der Waals surface area contributed by atoms with E-state index in [4.69, 9.17) is 0 Å². The molecule has 1 amide bonds. The summed E-state index contributed by atoms with van der Waals surface area (Å²) in [5.74, 6) is 0.647. The minimum atomic E-state index is -0.294. The average Bonchev–Trinajstić information content (AvgIpc) is 3.06. The van der Waals surface area contributed by atoms with Crippen LogP contribution in [0.5, 0.6) is 0 Å². The number of nitrogens with zero attached hydrogens (tertiary/aromatic N) is 6. The second-order valence-electron chi connectivity index (χ2n) is 4.89. The number of carbonyl (C=O) groups excluding carboxylic acids is 1. The average molecular weight is 313 g/mol. The van der Waals surface area contributed by atoms with Gasteiger partial charge >= 0.3 is 0 Å². The van der Waals surface area contributed by atoms with Crippen molar-refractivity contribution in [1.82, 2.24) is 29.9 Å². The van der Waals surface area contributed by atoms with Crippen LogP contribution in [0.2, 0.25) is 0 Å². The van der Waals surface area contributed by atoms with E-state index >= 15 is 0 Å². The molecule has 9 heteroatoms. The number of carbonyl (C=O) groups is 1. The van der Waals surface area contributed by atoms with Crippen molar-refractivity contribution in [2.75, 3.05) is 5.32 Å². The number of pyridine rings is 1. The third-order valence-corrected chi connectivity index (χ3v) is 4.26. The number of anilines is 1. The summed E-state index contributed by atoms with van der Waals surface area (Å²) in [5, 5.41) is 16.4. The zero-order chi connectivity index (χ0) is 14.9. The molecule has 3 aromatic heterocycles. The first kappa shape index (κ1) is 13.0. The van der Waals surface area contributed by atoms with Crippen molar-refractivity contribution in [3.05, 3.63) is 41.6 Å². The van der Waals surface area contributed by atoms with Crippen molar-refractivity contribution < 1.29 is 4.79 Å². The second kappa shape index (κ2) is 5.26. The van der Waals surface area contributed by atoms with Crippen LogP contribution in [-0.2, 0) is 0 Å². The van der Waals surface area contributed by atoms with Crippen LogP contribution in [0.3, 0.4) is 0 Å². The maximum Gasteiger partial charge on any atom is 0.261 e. The summed E-state index contributed by atoms with van der Waals surface area (Å²) in [6.07, 6.45) is 6.80. The van der Waals surface area contributed by atoms with Gasteiger partial charge in [-0.2, -0.15) is 5.10 Å². The molecule has 1 saturated carbocycles. The summed E-state index contributed by atoms with van der Waals surface area (Å²) in [6, 6.07) is 3.38. The summed E-state index contributed by atoms with van der Waals surface area (Å²) in [7, 11) is 0. The summed E-state index contributed by atoms with van der Waals surface area (Å²) in [4.78, 5) is 20.5. The number of hydrogen-bond donors (Lipinski definition) is 1. The van der Waals surface area contributed by atoms with Crippen molar-refractivity contribution in [2.24, 2.45) is 0 Å². The Morgan fingerprint density at radius 2 is 2.27 bits per heavy atom. The fourth-order valence-electron chi connectivity index (χ4n) is 2.02. The lowest BCUT2D eigenvalue weighted by Crippen LogP contribution is -2.16. The van der Waals surface area contributed by atoms with Crippen LogP contribution in [0.4, 0.5) is 5.13 Å². The van der Waals surface area contributed by atoms with Gasteiger partial charge in [0.2, 0.25) is 5.13 Å². The third-order valence-electron chi connectivity index (χ3n) is 3.25. The van der Waals surface area contributed by atoms with Gasteiger partial charge in [-0.05, 0) is 25.0 Å². The van der Waals surface area contributed by atoms with Gasteiger partial charge in [0, 0.05) is 12.1 Å². The highest BCUT2D eigenvalue weighted by Crippen LogP contribution is 2.42. The lowest BCUT2D eigenvalue weighted by molar-refractivity contribution is 0.102. The number of rotatable bonds is 4. The highest BCUT2D eigenvalue weighted by Gasteiger charge is 2.28. The highest BCUT2D eigenvalue weighted by molar-refractivity contribution is 7.15. The first-order valence-electron chi connectivity index (χ1n) is 6.76. The third kappa shape index (κ3) is 2.46. The zero-order valence-electron chi connectivity index (χ0n) is 11.4. The van der Waals surface area contributed by atoms with Gasteiger partial charge in [0.15, 0.2) is 5.82 Å². The molecule has 1 N–H and O–H groups in total. The lowest BCUT2D eigenvalue weighted by atomic mass is 10.2. The molecule has 0 spiro atoms. The molecular weight excluding hydrogens is 302 g/mol. The highest BCUT2D eigenvalue weighted by atomic mass is 32.1. The Balaban J connectivity index is 1.59. The minimum Gasteiger partial charge on any atom is -0.296 e. The van der Waals surface area contributed by atoms with E-state index in [1.807, 2.05) is 0 Å². The second-order valence-corrected chi connectivity index (χ2v) is 5.90. The van der Waals surface area contributed by atoms with Crippen LogP contribution in [0, 0.1) is 0 Å². The molecule has 0 aliphatic heterocycles. The van der Waals surface area contributed by atoms with E-state index in [0.29, 0.717) is 22.4 Å². The van der Waals surface area contributed by atoms with Crippen LogP contribution < -0.4 is 5.32 Å². The van der Waals surface area contributed by atoms with Gasteiger partial charge in [-0.3, -0.25) is 10.1 Å². The van der Waals surface area contributed by atoms with Crippen LogP contribution in [0.15, 0.2) is 31.0 Å². The van der Waals surface area contributed by atoms with E-state index in [0.717, 1.165) is 17.8 Å². The normalized spacial score (nSPS) is 14.0. The molecule has 1 fully saturated rings. The number of hydrogen-bond acceptors (Lipinski definition) is 7. The molecule has 0 atom stereocenters. The molecule has 1 aliphatic rings. The smallest absolute Gasteiger partial charge is 0.261 e. The number of nitrogens with one attached hydrogen (secondary N) is 1. The van der Waals surface area contributed by atoms with Gasteiger partial charge in [-0.15, -0.1) is 10.2 Å². The Bertz CT molecular complexity index is 809. The number of amides is 1. The molecule has 3 heterocycles. The minimum absolute atomic E-state index is 0.294. The monoisotopic (exact) mass is 313 g/mol. The van der Waals surface area contributed by atoms with Crippen molar-refractivity contribution in [3.8, 4) is 5.82 Å². The Hall–Kier alpha value is -2.68. The topological polar surface area (TPSA) is 98.5 Å². The van der Waals surface area contributed by atoms with E-state index in [9.17, 15) is 4.79 Å². The standard InChI is InChI=1S/C13H11N7OS/c21-11(17-13-19-18-12(22-13)8-3-4-8)9-2-1-5-15-10(9)20-7-14-6-16-20/h1-2,5-8H,3-4H2,(H,17,19,21). The molecule has 3 aromatic rings. The maximum absolute atomic E-state index is 12.5. The summed E-state index contributed by atoms with van der Waals surface area (Å²) >= 11 is 1.42. The van der Waals surface area contributed by atoms with Crippen LogP contribution in [-0.4, -0.2) is 35.9 Å². The molecule has 0 aromatic carbocycles.